The van der Waals surface area contributed by atoms with E-state index >= 15 is 4.79 Å². The minimum absolute atomic E-state index is 0.0290. The molecule has 13 heteroatoms. The number of hydrogen-bond acceptors (Lipinski definition) is 11. The number of anilines is 1. The van der Waals surface area contributed by atoms with E-state index in [9.17, 15) is 14.7 Å². The summed E-state index contributed by atoms with van der Waals surface area (Å²) in [5, 5.41) is 18.2. The van der Waals surface area contributed by atoms with E-state index in [0.29, 0.717) is 42.9 Å². The number of benzene rings is 3. The maximum atomic E-state index is 15.5. The lowest BCUT2D eigenvalue weighted by molar-refractivity contribution is -0.220. The van der Waals surface area contributed by atoms with E-state index in [-0.39, 0.29) is 36.8 Å². The summed E-state index contributed by atoms with van der Waals surface area (Å²) in [4.78, 5) is 53.6. The van der Waals surface area contributed by atoms with Gasteiger partial charge in [0.05, 0.1) is 27.4 Å². The number of aromatic nitrogens is 1. The first-order valence-electron chi connectivity index (χ1n) is 24.1. The molecule has 354 valence electrons. The van der Waals surface area contributed by atoms with Gasteiger partial charge in [0.15, 0.2) is 0 Å². The summed E-state index contributed by atoms with van der Waals surface area (Å²) in [7, 11) is 6.73. The van der Waals surface area contributed by atoms with Gasteiger partial charge in [-0.25, -0.2) is 0 Å². The summed E-state index contributed by atoms with van der Waals surface area (Å²) in [5.41, 5.74) is 2.76. The Labute approximate surface area is 393 Å². The van der Waals surface area contributed by atoms with Crippen LogP contribution in [0.4, 0.5) is 5.69 Å². The van der Waals surface area contributed by atoms with Gasteiger partial charge in [-0.15, -0.1) is 0 Å². The zero-order valence-electron chi connectivity index (χ0n) is 39.9. The largest absolute Gasteiger partial charge is 0.497 e. The number of aromatic amines is 1. The molecule has 1 unspecified atom stereocenters. The normalized spacial score (nSPS) is 31.6. The summed E-state index contributed by atoms with van der Waals surface area (Å²) in [6.07, 6.45) is 9.27. The molecular weight excluding hydrogens is 847 g/mol. The number of methoxy groups -OCH3 is 3. The Morgan fingerprint density at radius 2 is 1.79 bits per heavy atom. The third-order valence-corrected chi connectivity index (χ3v) is 16.8. The number of fused-ring (bicyclic) bond motifs is 6. The zero-order valence-corrected chi connectivity index (χ0v) is 39.9. The second-order valence-electron chi connectivity index (χ2n) is 19.9. The third kappa shape index (κ3) is 6.61. The average Bonchev–Trinajstić information content (AvgIpc) is 4.00. The Morgan fingerprint density at radius 1 is 0.970 bits per heavy atom. The number of amides is 1. The number of nitrogens with zero attached hydrogens (tertiary/aromatic N) is 3. The van der Waals surface area contributed by atoms with Crippen LogP contribution in [0.5, 0.6) is 11.5 Å². The van der Waals surface area contributed by atoms with Crippen molar-refractivity contribution in [3.8, 4) is 11.5 Å². The highest BCUT2D eigenvalue weighted by Crippen LogP contribution is 2.68. The van der Waals surface area contributed by atoms with Crippen molar-refractivity contribution in [2.45, 2.75) is 93.9 Å². The highest BCUT2D eigenvalue weighted by Gasteiger charge is 2.77. The molecule has 67 heavy (non-hydrogen) atoms. The van der Waals surface area contributed by atoms with Crippen LogP contribution < -0.4 is 19.7 Å². The molecule has 9 atom stereocenters. The van der Waals surface area contributed by atoms with Crippen molar-refractivity contribution in [1.29, 1.82) is 0 Å². The van der Waals surface area contributed by atoms with Crippen LogP contribution in [-0.4, -0.2) is 129 Å². The average molecular weight is 912 g/mol. The summed E-state index contributed by atoms with van der Waals surface area (Å²) in [5.74, 6) is 0.000489. The van der Waals surface area contributed by atoms with Gasteiger partial charge in [0.2, 0.25) is 0 Å². The Balaban J connectivity index is 1.20. The second-order valence-corrected chi connectivity index (χ2v) is 19.9. The summed E-state index contributed by atoms with van der Waals surface area (Å²) in [6, 6.07) is 18.8. The van der Waals surface area contributed by atoms with Crippen LogP contribution in [0.25, 0.3) is 10.9 Å². The van der Waals surface area contributed by atoms with Crippen LogP contribution in [0.1, 0.15) is 85.6 Å². The lowest BCUT2D eigenvalue weighted by atomic mass is 9.47. The van der Waals surface area contributed by atoms with Gasteiger partial charge in [-0.3, -0.25) is 24.2 Å². The SMILES string of the molecule is CCC1=C[C@H]2CN(CCc3c([nH]c4ccccc34)[C@@](C(=O)OC)(c3cc4c(cc3OC)N(C)[C@H]3[C@@](O)(CCNC(=O)c5cccc(OC)c5)[C@H](OC(C)=O)[C@]5(CC)C=CCN6CC[C@]43[C@@H]65)C2)C1. The van der Waals surface area contributed by atoms with E-state index in [2.05, 4.69) is 87.4 Å². The van der Waals surface area contributed by atoms with E-state index in [4.69, 9.17) is 18.9 Å². The molecule has 3 aromatic carbocycles. The van der Waals surface area contributed by atoms with Crippen molar-refractivity contribution in [2.24, 2.45) is 11.3 Å². The molecule has 3 N–H and O–H groups in total. The topological polar surface area (TPSA) is 146 Å². The maximum absolute atomic E-state index is 15.5. The van der Waals surface area contributed by atoms with Gasteiger partial charge in [0.25, 0.3) is 5.91 Å². The molecule has 1 saturated heterocycles. The van der Waals surface area contributed by atoms with Crippen molar-refractivity contribution < 1.29 is 38.4 Å². The number of ether oxygens (including phenoxy) is 4. The first-order chi connectivity index (χ1) is 32.3. The number of nitrogens with one attached hydrogen (secondary N) is 2. The summed E-state index contributed by atoms with van der Waals surface area (Å²) < 4.78 is 24.4. The molecule has 6 heterocycles. The highest BCUT2D eigenvalue weighted by molar-refractivity contribution is 5.95. The number of esters is 2. The van der Waals surface area contributed by atoms with Gasteiger partial charge in [-0.1, -0.05) is 61.9 Å². The van der Waals surface area contributed by atoms with Crippen LogP contribution in [0, 0.1) is 11.3 Å². The molecule has 1 aliphatic carbocycles. The summed E-state index contributed by atoms with van der Waals surface area (Å²) >= 11 is 0. The zero-order chi connectivity index (χ0) is 47.0. The van der Waals surface area contributed by atoms with Crippen molar-refractivity contribution in [3.05, 3.63) is 112 Å². The number of carbonyl (C=O) groups excluding carboxylic acids is 3. The van der Waals surface area contributed by atoms with Crippen LogP contribution in [0.15, 0.2) is 84.5 Å². The van der Waals surface area contributed by atoms with E-state index in [1.807, 2.05) is 13.1 Å². The van der Waals surface area contributed by atoms with Crippen LogP contribution in [0.3, 0.4) is 0 Å². The fourth-order valence-corrected chi connectivity index (χ4v) is 14.3. The van der Waals surface area contributed by atoms with Gasteiger partial charge < -0.3 is 39.3 Å². The number of rotatable bonds is 11. The second kappa shape index (κ2) is 16.9. The predicted molar refractivity (Wildman–Crippen MR) is 257 cm³/mol. The van der Waals surface area contributed by atoms with Crippen LogP contribution >= 0.6 is 0 Å². The molecular formula is C54H65N5O8. The number of carbonyl (C=O) groups is 3. The van der Waals surface area contributed by atoms with Gasteiger partial charge in [0.1, 0.15) is 28.6 Å². The van der Waals surface area contributed by atoms with Gasteiger partial charge in [-0.2, -0.15) is 0 Å². The first kappa shape index (κ1) is 45.2. The smallest absolute Gasteiger partial charge is 0.322 e. The van der Waals surface area contributed by atoms with E-state index in [0.717, 1.165) is 78.0 Å². The molecule has 4 aromatic rings. The summed E-state index contributed by atoms with van der Waals surface area (Å²) in [6.45, 7) is 9.86. The number of hydrogen-bond donors (Lipinski definition) is 3. The molecule has 13 nitrogen and oxygen atoms in total. The number of para-hydroxylation sites is 1. The first-order valence-corrected chi connectivity index (χ1v) is 24.1. The van der Waals surface area contributed by atoms with E-state index in [1.165, 1.54) is 19.6 Å². The van der Waals surface area contributed by atoms with Crippen molar-refractivity contribution in [1.82, 2.24) is 20.1 Å². The molecule has 0 radical (unpaired) electrons. The van der Waals surface area contributed by atoms with E-state index < -0.39 is 40.0 Å². The Kier molecular flexibility index (Phi) is 11.4. The van der Waals surface area contributed by atoms with Crippen molar-refractivity contribution in [2.75, 3.05) is 72.5 Å². The quantitative estimate of drug-likeness (QED) is 0.113. The molecule has 2 fully saturated rings. The molecule has 6 aliphatic rings. The minimum atomic E-state index is -1.69. The fourth-order valence-electron chi connectivity index (χ4n) is 14.3. The molecule has 1 amide bonds. The molecule has 10 rings (SSSR count). The van der Waals surface area contributed by atoms with E-state index in [1.54, 1.807) is 38.5 Å². The molecule has 5 aliphatic heterocycles. The molecule has 1 spiro atoms. The van der Waals surface area contributed by atoms with Gasteiger partial charge in [0, 0.05) is 103 Å². The standard InChI is InChI=1S/C54H65N5O8/c1-8-34-26-35-30-53(50(62)66-7,45-39(18-24-58(31-34)32-35)38-16-10-11-17-42(38)56-45)41-28-40-43(29-44(41)65-6)57(4)48-52(40)21-25-59-23-13-19-51(9-2,47(52)59)49(67-33(3)60)54(48,63)20-22-55-46(61)36-14-12-15-37(27-36)64-5/h10-17,19,26-29,35,47-49,56,63H,8-9,18,20-25,30-32H2,1-7H3,(H,55,61)/t35-,47+,48-,49-,51-,52-,53+,54+/m1/s1. The Hall–Kier alpha value is -5.63. The predicted octanol–water partition coefficient (Wildman–Crippen LogP) is 6.45. The molecule has 1 aromatic heterocycles. The Morgan fingerprint density at radius 3 is 2.54 bits per heavy atom. The fraction of sp³-hybridized carbons (Fsp3) is 0.500. The monoisotopic (exact) mass is 911 g/mol. The van der Waals surface area contributed by atoms with Crippen molar-refractivity contribution >= 4 is 34.4 Å². The lowest BCUT2D eigenvalue weighted by Crippen LogP contribution is -2.79. The minimum Gasteiger partial charge on any atom is -0.497 e. The highest BCUT2D eigenvalue weighted by atomic mass is 16.6. The molecule has 1 saturated carbocycles. The van der Waals surface area contributed by atoms with Crippen molar-refractivity contribution in [3.63, 3.8) is 0 Å². The molecule has 2 bridgehead atoms. The van der Waals surface area contributed by atoms with Gasteiger partial charge >= 0.3 is 11.9 Å². The lowest BCUT2D eigenvalue weighted by Gasteiger charge is -2.65. The Bertz CT molecular complexity index is 2690. The number of aliphatic hydroxyl groups is 1. The third-order valence-electron chi connectivity index (χ3n) is 16.8. The van der Waals surface area contributed by atoms with Crippen LogP contribution in [0.2, 0.25) is 0 Å². The number of likely N-dealkylation sites (N-methyl/N-ethyl adjacent to an activating group) is 1. The van der Waals surface area contributed by atoms with Gasteiger partial charge in [-0.05, 0) is 92.4 Å². The number of H-pyrrole nitrogens is 1. The maximum Gasteiger partial charge on any atom is 0.322 e. The van der Waals surface area contributed by atoms with Crippen LogP contribution in [-0.2, 0) is 36.3 Å².